The minimum Gasteiger partial charge on any atom is -0.366 e. The van der Waals surface area contributed by atoms with Crippen molar-refractivity contribution >= 4 is 0 Å². The number of rotatable bonds is 6. The third kappa shape index (κ3) is 4.00. The molecule has 1 atom stereocenters. The Morgan fingerprint density at radius 2 is 1.91 bits per heavy atom. The molecule has 1 aliphatic carbocycles. The van der Waals surface area contributed by atoms with Crippen LogP contribution in [-0.2, 0) is 9.47 Å². The van der Waals surface area contributed by atoms with E-state index in [4.69, 9.17) is 9.47 Å². The molecule has 0 N–H and O–H groups in total. The van der Waals surface area contributed by atoms with E-state index in [1.165, 1.54) is 18.5 Å². The predicted octanol–water partition coefficient (Wildman–Crippen LogP) is 5.03. The summed E-state index contributed by atoms with van der Waals surface area (Å²) in [7, 11) is 1.79. The van der Waals surface area contributed by atoms with Crippen LogP contribution in [0.2, 0.25) is 0 Å². The Hall–Kier alpha value is -0.800. The fourth-order valence-corrected chi connectivity index (χ4v) is 4.34. The van der Waals surface area contributed by atoms with E-state index in [9.17, 15) is 0 Å². The summed E-state index contributed by atoms with van der Waals surface area (Å²) < 4.78 is 11.7. The van der Waals surface area contributed by atoms with Crippen molar-refractivity contribution in [3.05, 3.63) is 23.4 Å². The predicted molar refractivity (Wildman–Crippen MR) is 96.3 cm³/mol. The van der Waals surface area contributed by atoms with Crippen LogP contribution in [0.15, 0.2) is 23.4 Å². The zero-order valence-electron chi connectivity index (χ0n) is 15.7. The Bertz CT molecular complexity index is 433. The van der Waals surface area contributed by atoms with Gasteiger partial charge in [-0.2, -0.15) is 0 Å². The van der Waals surface area contributed by atoms with Gasteiger partial charge in [-0.15, -0.1) is 0 Å². The standard InChI is InChI=1S/C20H35NO2/c1-6-9-19-17(7-2)11-10-16(4)21(19)18-12-14-20(22-5,15-13-18)23-8-3/h6,9,16,18H,7-8,10-15H2,1-5H3/b9-6-. The first-order valence-corrected chi connectivity index (χ1v) is 9.43. The fourth-order valence-electron chi connectivity index (χ4n) is 4.34. The van der Waals surface area contributed by atoms with Gasteiger partial charge in [-0.05, 0) is 64.5 Å². The van der Waals surface area contributed by atoms with E-state index >= 15 is 0 Å². The van der Waals surface area contributed by atoms with Crippen LogP contribution in [0, 0.1) is 0 Å². The average molecular weight is 322 g/mol. The Kier molecular flexibility index (Phi) is 6.72. The smallest absolute Gasteiger partial charge is 0.168 e. The molecule has 132 valence electrons. The minimum atomic E-state index is -0.345. The lowest BCUT2D eigenvalue weighted by atomic mass is 9.85. The highest BCUT2D eigenvalue weighted by atomic mass is 16.7. The molecular weight excluding hydrogens is 286 g/mol. The quantitative estimate of drug-likeness (QED) is 0.640. The maximum absolute atomic E-state index is 5.93. The summed E-state index contributed by atoms with van der Waals surface area (Å²) in [5, 5.41) is 0. The van der Waals surface area contributed by atoms with E-state index in [-0.39, 0.29) is 5.79 Å². The number of allylic oxidation sites excluding steroid dienone is 3. The fraction of sp³-hybridized carbons (Fsp3) is 0.800. The molecule has 1 fully saturated rings. The Morgan fingerprint density at radius 3 is 2.43 bits per heavy atom. The van der Waals surface area contributed by atoms with Crippen molar-refractivity contribution in [1.82, 2.24) is 4.90 Å². The lowest BCUT2D eigenvalue weighted by Crippen LogP contribution is -2.49. The molecule has 1 heterocycles. The zero-order valence-corrected chi connectivity index (χ0v) is 15.7. The minimum absolute atomic E-state index is 0.345. The lowest BCUT2D eigenvalue weighted by molar-refractivity contribution is -0.240. The highest BCUT2D eigenvalue weighted by Gasteiger charge is 2.39. The number of methoxy groups -OCH3 is 1. The second kappa shape index (κ2) is 8.34. The van der Waals surface area contributed by atoms with Crippen LogP contribution in [0.3, 0.4) is 0 Å². The second-order valence-corrected chi connectivity index (χ2v) is 6.92. The summed E-state index contributed by atoms with van der Waals surface area (Å²) in [5.41, 5.74) is 3.11. The lowest BCUT2D eigenvalue weighted by Gasteiger charge is -2.48. The molecule has 3 heteroatoms. The number of hydrogen-bond acceptors (Lipinski definition) is 3. The second-order valence-electron chi connectivity index (χ2n) is 6.92. The summed E-state index contributed by atoms with van der Waals surface area (Å²) in [6, 6.07) is 1.24. The molecule has 0 aromatic rings. The molecule has 0 saturated heterocycles. The molecule has 0 amide bonds. The Balaban J connectivity index is 2.16. The molecule has 0 spiro atoms. The highest BCUT2D eigenvalue weighted by Crippen LogP contribution is 2.39. The Morgan fingerprint density at radius 1 is 1.22 bits per heavy atom. The van der Waals surface area contributed by atoms with Gasteiger partial charge in [-0.3, -0.25) is 0 Å². The van der Waals surface area contributed by atoms with Gasteiger partial charge in [0.15, 0.2) is 5.79 Å². The van der Waals surface area contributed by atoms with Crippen molar-refractivity contribution in [3.8, 4) is 0 Å². The van der Waals surface area contributed by atoms with Crippen molar-refractivity contribution in [1.29, 1.82) is 0 Å². The summed E-state index contributed by atoms with van der Waals surface area (Å²) >= 11 is 0. The number of nitrogens with zero attached hydrogens (tertiary/aromatic N) is 1. The molecule has 23 heavy (non-hydrogen) atoms. The monoisotopic (exact) mass is 321 g/mol. The van der Waals surface area contributed by atoms with Crippen molar-refractivity contribution in [2.24, 2.45) is 0 Å². The first-order chi connectivity index (χ1) is 11.1. The molecule has 1 saturated carbocycles. The molecule has 0 aromatic heterocycles. The topological polar surface area (TPSA) is 21.7 Å². The molecule has 1 aliphatic heterocycles. The van der Waals surface area contributed by atoms with E-state index in [2.05, 4.69) is 44.7 Å². The van der Waals surface area contributed by atoms with E-state index in [0.717, 1.165) is 38.7 Å². The van der Waals surface area contributed by atoms with Gasteiger partial charge in [0, 0.05) is 44.3 Å². The van der Waals surface area contributed by atoms with Crippen LogP contribution >= 0.6 is 0 Å². The summed E-state index contributed by atoms with van der Waals surface area (Å²) in [5.74, 6) is -0.345. The average Bonchev–Trinajstić information content (AvgIpc) is 2.57. The van der Waals surface area contributed by atoms with Gasteiger partial charge in [0.25, 0.3) is 0 Å². The van der Waals surface area contributed by atoms with Crippen molar-refractivity contribution < 1.29 is 9.47 Å². The maximum atomic E-state index is 5.93. The van der Waals surface area contributed by atoms with E-state index in [1.54, 1.807) is 12.7 Å². The van der Waals surface area contributed by atoms with E-state index in [1.807, 2.05) is 0 Å². The SMILES string of the molecule is C/C=C\C1=C(CC)CCC(C)N1C1CCC(OC)(OCC)CC1. The van der Waals surface area contributed by atoms with Gasteiger partial charge in [0.2, 0.25) is 0 Å². The molecule has 1 unspecified atom stereocenters. The normalized spacial score (nSPS) is 32.8. The van der Waals surface area contributed by atoms with Crippen LogP contribution in [-0.4, -0.2) is 36.5 Å². The molecule has 0 radical (unpaired) electrons. The van der Waals surface area contributed by atoms with Crippen LogP contribution in [0.1, 0.15) is 72.6 Å². The summed E-state index contributed by atoms with van der Waals surface area (Å²) in [6.07, 6.45) is 12.5. The molecule has 3 nitrogen and oxygen atoms in total. The van der Waals surface area contributed by atoms with Gasteiger partial charge < -0.3 is 14.4 Å². The van der Waals surface area contributed by atoms with Crippen LogP contribution < -0.4 is 0 Å². The van der Waals surface area contributed by atoms with Gasteiger partial charge in [0.05, 0.1) is 0 Å². The molecule has 0 aromatic carbocycles. The first kappa shape index (κ1) is 18.5. The van der Waals surface area contributed by atoms with E-state index in [0.29, 0.717) is 12.1 Å². The van der Waals surface area contributed by atoms with Crippen molar-refractivity contribution in [3.63, 3.8) is 0 Å². The van der Waals surface area contributed by atoms with Gasteiger partial charge in [0.1, 0.15) is 0 Å². The molecule has 0 bridgehead atoms. The zero-order chi connectivity index (χ0) is 16.9. The third-order valence-corrected chi connectivity index (χ3v) is 5.62. The Labute approximate surface area is 142 Å². The third-order valence-electron chi connectivity index (χ3n) is 5.62. The van der Waals surface area contributed by atoms with Crippen molar-refractivity contribution in [2.75, 3.05) is 13.7 Å². The number of hydrogen-bond donors (Lipinski definition) is 0. The summed E-state index contributed by atoms with van der Waals surface area (Å²) in [4.78, 5) is 2.70. The van der Waals surface area contributed by atoms with Gasteiger partial charge in [-0.25, -0.2) is 0 Å². The summed E-state index contributed by atoms with van der Waals surface area (Å²) in [6.45, 7) is 9.58. The number of ether oxygens (including phenoxy) is 2. The van der Waals surface area contributed by atoms with Gasteiger partial charge in [-0.1, -0.05) is 13.0 Å². The van der Waals surface area contributed by atoms with Crippen LogP contribution in [0.5, 0.6) is 0 Å². The van der Waals surface area contributed by atoms with E-state index < -0.39 is 0 Å². The molecule has 2 rings (SSSR count). The molecular formula is C20H35NO2. The molecule has 2 aliphatic rings. The highest BCUT2D eigenvalue weighted by molar-refractivity contribution is 5.28. The van der Waals surface area contributed by atoms with Crippen LogP contribution in [0.4, 0.5) is 0 Å². The van der Waals surface area contributed by atoms with Gasteiger partial charge >= 0.3 is 0 Å². The maximum Gasteiger partial charge on any atom is 0.168 e. The largest absolute Gasteiger partial charge is 0.366 e. The van der Waals surface area contributed by atoms with Crippen molar-refractivity contribution in [2.45, 2.75) is 90.5 Å². The van der Waals surface area contributed by atoms with Crippen LogP contribution in [0.25, 0.3) is 0 Å². The first-order valence-electron chi connectivity index (χ1n) is 9.43.